The minimum atomic E-state index is -1.08. The van der Waals surface area contributed by atoms with Crippen molar-refractivity contribution in [2.75, 3.05) is 29.6 Å². The molecule has 446 valence electrons. The van der Waals surface area contributed by atoms with Gasteiger partial charge in [0, 0.05) is 42.3 Å². The lowest BCUT2D eigenvalue weighted by atomic mass is 9.76. The number of amides is 7. The predicted molar refractivity (Wildman–Crippen MR) is 326 cm³/mol. The Bertz CT molecular complexity index is 3050. The van der Waals surface area contributed by atoms with Crippen molar-refractivity contribution in [3.63, 3.8) is 0 Å². The Labute approximate surface area is 489 Å². The van der Waals surface area contributed by atoms with E-state index in [1.54, 1.807) is 83.4 Å². The van der Waals surface area contributed by atoms with Gasteiger partial charge in [-0.1, -0.05) is 135 Å². The fraction of sp³-hybridized carbons (Fsp3) is 0.446. The molecule has 5 rings (SSSR count). The number of carbonyl (C=O) groups excluding carboxylic acids is 7. The van der Waals surface area contributed by atoms with E-state index < -0.39 is 70.8 Å². The van der Waals surface area contributed by atoms with E-state index in [1.807, 2.05) is 102 Å². The van der Waals surface area contributed by atoms with Crippen LogP contribution in [0.2, 0.25) is 0 Å². The van der Waals surface area contributed by atoms with Crippen LogP contribution >= 0.6 is 0 Å². The van der Waals surface area contributed by atoms with Crippen molar-refractivity contribution in [2.45, 2.75) is 158 Å². The molecule has 0 radical (unpaired) electrons. The third kappa shape index (κ3) is 17.9. The third-order valence-corrected chi connectivity index (χ3v) is 15.1. The van der Waals surface area contributed by atoms with Crippen LogP contribution < -0.4 is 36.8 Å². The summed E-state index contributed by atoms with van der Waals surface area (Å²) in [6.07, 6.45) is 4.19. The summed E-state index contributed by atoms with van der Waals surface area (Å²) in [5.74, 6) is -3.65. The molecule has 0 fully saturated rings. The van der Waals surface area contributed by atoms with Gasteiger partial charge in [0.05, 0.1) is 24.3 Å². The van der Waals surface area contributed by atoms with E-state index in [2.05, 4.69) is 51.0 Å². The summed E-state index contributed by atoms with van der Waals surface area (Å²) in [6.45, 7) is 22.1. The molecule has 1 heterocycles. The Morgan fingerprint density at radius 2 is 1.37 bits per heavy atom. The first-order valence-electron chi connectivity index (χ1n) is 28.4. The Hall–Kier alpha value is -8.12. The van der Waals surface area contributed by atoms with E-state index >= 15 is 0 Å². The van der Waals surface area contributed by atoms with E-state index in [1.165, 1.54) is 11.8 Å². The molecular formula is C65H86N8O10. The molecule has 18 nitrogen and oxygen atoms in total. The number of para-hydroxylation sites is 1. The van der Waals surface area contributed by atoms with Crippen molar-refractivity contribution in [1.82, 2.24) is 26.2 Å². The molecule has 18 heteroatoms. The second kappa shape index (κ2) is 29.2. The van der Waals surface area contributed by atoms with Crippen molar-refractivity contribution in [2.24, 2.45) is 17.3 Å². The van der Waals surface area contributed by atoms with Crippen molar-refractivity contribution in [1.29, 1.82) is 0 Å². The van der Waals surface area contributed by atoms with Crippen LogP contribution in [0.4, 0.5) is 21.9 Å². The van der Waals surface area contributed by atoms with Gasteiger partial charge in [0.25, 0.3) is 0 Å². The summed E-state index contributed by atoms with van der Waals surface area (Å²) >= 11 is 0. The van der Waals surface area contributed by atoms with Crippen LogP contribution in [0.5, 0.6) is 0 Å². The average molecular weight is 1140 g/mol. The van der Waals surface area contributed by atoms with Crippen LogP contribution in [0.15, 0.2) is 109 Å². The molecule has 5 atom stereocenters. The Morgan fingerprint density at radius 1 is 0.723 bits per heavy atom. The predicted octanol–water partition coefficient (Wildman–Crippen LogP) is 9.60. The van der Waals surface area contributed by atoms with E-state index in [4.69, 9.17) is 4.74 Å². The van der Waals surface area contributed by atoms with Gasteiger partial charge in [-0.3, -0.25) is 34.1 Å². The van der Waals surface area contributed by atoms with Crippen molar-refractivity contribution < 1.29 is 48.2 Å². The molecule has 0 spiro atoms. The van der Waals surface area contributed by atoms with E-state index in [-0.39, 0.29) is 54.6 Å². The molecule has 0 saturated heterocycles. The maximum atomic E-state index is 14.2. The number of ether oxygens (including phenoxy) is 1. The number of anilines is 3. The number of benzene rings is 4. The lowest BCUT2D eigenvalue weighted by Gasteiger charge is -2.40. The first-order valence-corrected chi connectivity index (χ1v) is 28.4. The molecule has 1 unspecified atom stereocenters. The maximum Gasteiger partial charge on any atom is 0.411 e. The summed E-state index contributed by atoms with van der Waals surface area (Å²) in [6, 6.07) is 25.4. The number of allylic oxidation sites excluding steroid dienone is 1. The molecule has 4 aromatic carbocycles. The molecule has 0 aromatic heterocycles. The van der Waals surface area contributed by atoms with Gasteiger partial charge in [-0.15, -0.1) is 0 Å². The van der Waals surface area contributed by atoms with Crippen LogP contribution in [0.25, 0.3) is 11.6 Å². The van der Waals surface area contributed by atoms with Crippen LogP contribution in [-0.2, 0) is 56.9 Å². The highest BCUT2D eigenvalue weighted by molar-refractivity contribution is 6.00. The van der Waals surface area contributed by atoms with Gasteiger partial charge >= 0.3 is 12.1 Å². The molecule has 7 N–H and O–H groups in total. The topological polar surface area (TPSA) is 245 Å². The number of hydrogen-bond donors (Lipinski definition) is 7. The number of rotatable bonds is 24. The van der Waals surface area contributed by atoms with Gasteiger partial charge in [0.15, 0.2) is 0 Å². The zero-order valence-corrected chi connectivity index (χ0v) is 50.7. The molecular weight excluding hydrogens is 1050 g/mol. The molecule has 83 heavy (non-hydrogen) atoms. The number of likely N-dealkylation sites (N-methyl/N-ethyl adjacent to an activating group) is 2. The number of fused-ring (bicyclic) bond motifs is 2. The van der Waals surface area contributed by atoms with Crippen molar-refractivity contribution in [3.05, 3.63) is 137 Å². The maximum absolute atomic E-state index is 14.2. The highest BCUT2D eigenvalue weighted by atomic mass is 16.5. The average Bonchev–Trinajstić information content (AvgIpc) is 3.61. The SMILES string of the molecule is CNC(C(=O)N[C@H](C(=O)N(C)[C@H](/C=C(\C)C(=O)O)C(C)C)C(C)(C)C)C(C)(C)c1cccc(NC(=O)OCc2ccc(NC(=O)[C@H](C)NC(=O)[C@@H](NC(=O)CCCCC(=O)N3Cc4ccccc4/C(C)=C\c4ccccc43)C(C)C)cc2)c1. The third-order valence-electron chi connectivity index (χ3n) is 15.1. The molecule has 0 saturated carbocycles. The fourth-order valence-corrected chi connectivity index (χ4v) is 10.1. The number of aliphatic carboxylic acids is 1. The van der Waals surface area contributed by atoms with Gasteiger partial charge < -0.3 is 46.2 Å². The van der Waals surface area contributed by atoms with E-state index in [0.29, 0.717) is 41.9 Å². The van der Waals surface area contributed by atoms with Crippen LogP contribution in [0.3, 0.4) is 0 Å². The lowest BCUT2D eigenvalue weighted by molar-refractivity contribution is -0.141. The minimum Gasteiger partial charge on any atom is -0.478 e. The number of nitrogens with zero attached hydrogens (tertiary/aromatic N) is 2. The zero-order chi connectivity index (χ0) is 61.5. The van der Waals surface area contributed by atoms with Crippen molar-refractivity contribution in [3.8, 4) is 0 Å². The van der Waals surface area contributed by atoms with Gasteiger partial charge in [0.2, 0.25) is 35.4 Å². The molecule has 1 aliphatic heterocycles. The second-order valence-corrected chi connectivity index (χ2v) is 23.8. The minimum absolute atomic E-state index is 0.0408. The summed E-state index contributed by atoms with van der Waals surface area (Å²) in [5.41, 5.74) is 5.77. The molecule has 7 amide bonds. The van der Waals surface area contributed by atoms with Gasteiger partial charge in [0.1, 0.15) is 24.7 Å². The van der Waals surface area contributed by atoms with Crippen LogP contribution in [0, 0.1) is 17.3 Å². The summed E-state index contributed by atoms with van der Waals surface area (Å²) in [7, 11) is 3.26. The van der Waals surface area contributed by atoms with Crippen LogP contribution in [0.1, 0.15) is 137 Å². The summed E-state index contributed by atoms with van der Waals surface area (Å²) < 4.78 is 5.53. The number of unbranched alkanes of at least 4 members (excludes halogenated alkanes) is 1. The fourth-order valence-electron chi connectivity index (χ4n) is 10.1. The van der Waals surface area contributed by atoms with E-state index in [0.717, 1.165) is 28.0 Å². The van der Waals surface area contributed by atoms with Gasteiger partial charge in [-0.25, -0.2) is 9.59 Å². The largest absolute Gasteiger partial charge is 0.478 e. The first kappa shape index (κ1) is 65.7. The van der Waals surface area contributed by atoms with Crippen molar-refractivity contribution >= 4 is 76.2 Å². The first-order chi connectivity index (χ1) is 39.0. The number of carbonyl (C=O) groups is 8. The van der Waals surface area contributed by atoms with Gasteiger partial charge in [-0.2, -0.15) is 0 Å². The standard InChI is InChI=1S/C65H86N8O10/c1-39(2)52(35-42(6)62(80)81)72(14)61(79)57(64(8,9)10)71-60(78)56(66-13)65(11,12)47-24-21-25-49(36-47)69-63(82)83-38-44-30-32-48(33-31-44)68-58(76)43(7)67-59(77)55(40(3)4)70-53(74)28-19-20-29-54(75)73-37-46-23-15-17-26-50(46)41(5)34-45-22-16-18-27-51(45)73/h15-18,21-27,30-36,39-40,43,52,55-57,66H,19-20,28-29,37-38H2,1-14H3,(H,67,77)(H,68,76)(H,69,82)(H,70,74)(H,71,78)(H,80,81)/b41-34-,42-35+/t43-,52+,55-,56?,57+/m0/s1. The Morgan fingerprint density at radius 3 is 2.01 bits per heavy atom. The quantitative estimate of drug-likeness (QED) is 0.0257. The highest BCUT2D eigenvalue weighted by Crippen LogP contribution is 2.34. The number of nitrogens with one attached hydrogen (secondary N) is 6. The highest BCUT2D eigenvalue weighted by Gasteiger charge is 2.42. The second-order valence-electron chi connectivity index (χ2n) is 23.8. The normalized spacial score (nSPS) is 15.1. The number of hydrogen-bond acceptors (Lipinski definition) is 10. The Balaban J connectivity index is 1.08. The molecule has 0 aliphatic carbocycles. The smallest absolute Gasteiger partial charge is 0.411 e. The van der Waals surface area contributed by atoms with Crippen LogP contribution in [-0.4, -0.2) is 102 Å². The summed E-state index contributed by atoms with van der Waals surface area (Å²) in [4.78, 5) is 110. The molecule has 1 aliphatic rings. The number of carboxylic acids is 1. The molecule has 0 bridgehead atoms. The lowest BCUT2D eigenvalue weighted by Crippen LogP contribution is -2.61. The number of carboxylic acid groups (broad SMARTS) is 1. The zero-order valence-electron chi connectivity index (χ0n) is 50.7. The van der Waals surface area contributed by atoms with E-state index in [9.17, 15) is 43.5 Å². The monoisotopic (exact) mass is 1140 g/mol. The summed E-state index contributed by atoms with van der Waals surface area (Å²) in [5, 5.41) is 26.7. The van der Waals surface area contributed by atoms with Gasteiger partial charge in [-0.05, 0) is 128 Å². The molecule has 4 aromatic rings. The Kier molecular flexibility index (Phi) is 23.1.